The van der Waals surface area contributed by atoms with Gasteiger partial charge in [-0.1, -0.05) is 41.6 Å². The maximum Gasteiger partial charge on any atom is 0.417 e. The van der Waals surface area contributed by atoms with Crippen LogP contribution >= 0.6 is 23.4 Å². The molecule has 25 heavy (non-hydrogen) atoms. The summed E-state index contributed by atoms with van der Waals surface area (Å²) in [5.74, 6) is -0.0365. The molecule has 8 heteroatoms. The summed E-state index contributed by atoms with van der Waals surface area (Å²) in [4.78, 5) is 17.7. The molecule has 3 nitrogen and oxygen atoms in total. The minimum atomic E-state index is -4.42. The molecular weight excluding hydrogens is 373 g/mol. The largest absolute Gasteiger partial charge is 0.417 e. The van der Waals surface area contributed by atoms with Gasteiger partial charge >= 0.3 is 6.18 Å². The third-order valence-electron chi connectivity index (χ3n) is 3.46. The molecule has 0 saturated heterocycles. The molecule has 0 aliphatic carbocycles. The quantitative estimate of drug-likeness (QED) is 0.660. The molecule has 0 fully saturated rings. The Hall–Kier alpha value is -1.73. The Morgan fingerprint density at radius 2 is 1.96 bits per heavy atom. The molecule has 0 N–H and O–H groups in total. The van der Waals surface area contributed by atoms with E-state index in [2.05, 4.69) is 4.98 Å². The Labute approximate surface area is 153 Å². The minimum Gasteiger partial charge on any atom is -0.338 e. The lowest BCUT2D eigenvalue weighted by atomic mass is 10.2. The van der Waals surface area contributed by atoms with Gasteiger partial charge in [0.25, 0.3) is 0 Å². The van der Waals surface area contributed by atoms with E-state index in [1.54, 1.807) is 11.0 Å². The highest BCUT2D eigenvalue weighted by Crippen LogP contribution is 2.29. The summed E-state index contributed by atoms with van der Waals surface area (Å²) in [6, 6.07) is 9.50. The molecule has 0 saturated carbocycles. The highest BCUT2D eigenvalue weighted by molar-refractivity contribution is 7.99. The minimum absolute atomic E-state index is 0.0939. The Morgan fingerprint density at radius 1 is 1.24 bits per heavy atom. The fourth-order valence-electron chi connectivity index (χ4n) is 2.07. The van der Waals surface area contributed by atoms with Crippen LogP contribution in [0.1, 0.15) is 18.1 Å². The fraction of sp³-hybridized carbons (Fsp3) is 0.294. The molecule has 0 radical (unpaired) electrons. The van der Waals surface area contributed by atoms with Gasteiger partial charge in [0.1, 0.15) is 0 Å². The number of halogens is 4. The van der Waals surface area contributed by atoms with E-state index in [1.165, 1.54) is 6.07 Å². The molecule has 0 atom stereocenters. The number of rotatable bonds is 6. The van der Waals surface area contributed by atoms with Gasteiger partial charge in [0.15, 0.2) is 0 Å². The van der Waals surface area contributed by atoms with Gasteiger partial charge < -0.3 is 4.90 Å². The molecule has 2 aromatic rings. The van der Waals surface area contributed by atoms with E-state index in [0.717, 1.165) is 29.6 Å². The first-order valence-electron chi connectivity index (χ1n) is 7.48. The number of hydrogen-bond donors (Lipinski definition) is 0. The van der Waals surface area contributed by atoms with Gasteiger partial charge in [-0.25, -0.2) is 4.98 Å². The van der Waals surface area contributed by atoms with Crippen molar-refractivity contribution in [2.24, 2.45) is 0 Å². The second-order valence-corrected chi connectivity index (χ2v) is 6.57. The van der Waals surface area contributed by atoms with E-state index in [0.29, 0.717) is 23.1 Å². The Morgan fingerprint density at radius 3 is 2.52 bits per heavy atom. The lowest BCUT2D eigenvalue weighted by Gasteiger charge is -2.21. The first-order chi connectivity index (χ1) is 11.8. The van der Waals surface area contributed by atoms with Crippen molar-refractivity contribution in [1.82, 2.24) is 9.88 Å². The summed E-state index contributed by atoms with van der Waals surface area (Å²) in [5, 5.41) is 0.959. The average molecular weight is 389 g/mol. The molecule has 1 aromatic carbocycles. The average Bonchev–Trinajstić information content (AvgIpc) is 2.58. The monoisotopic (exact) mass is 388 g/mol. The first kappa shape index (κ1) is 19.6. The summed E-state index contributed by atoms with van der Waals surface area (Å²) >= 11 is 7.21. The number of carbonyl (C=O) groups is 1. The standard InChI is InChI=1S/C17H16ClF3N2OS/c1-2-23(10-12-5-3-4-6-14(12)18)16(24)11-25-15-8-7-13(9-22-15)17(19,20)21/h3-9H,2,10-11H2,1H3. The van der Waals surface area contributed by atoms with Crippen LogP contribution in [0.2, 0.25) is 5.02 Å². The molecule has 1 heterocycles. The number of amides is 1. The van der Waals surface area contributed by atoms with Crippen molar-refractivity contribution >= 4 is 29.3 Å². The van der Waals surface area contributed by atoms with E-state index in [1.807, 2.05) is 25.1 Å². The van der Waals surface area contributed by atoms with E-state index in [-0.39, 0.29) is 11.7 Å². The van der Waals surface area contributed by atoms with Crippen molar-refractivity contribution in [3.8, 4) is 0 Å². The highest BCUT2D eigenvalue weighted by Gasteiger charge is 2.30. The van der Waals surface area contributed by atoms with Crippen molar-refractivity contribution in [3.63, 3.8) is 0 Å². The van der Waals surface area contributed by atoms with Crippen molar-refractivity contribution in [1.29, 1.82) is 0 Å². The number of hydrogen-bond acceptors (Lipinski definition) is 3. The normalized spacial score (nSPS) is 11.4. The third kappa shape index (κ3) is 5.64. The molecule has 1 amide bonds. The summed E-state index contributed by atoms with van der Waals surface area (Å²) < 4.78 is 37.5. The van der Waals surface area contributed by atoms with E-state index in [4.69, 9.17) is 11.6 Å². The molecule has 0 unspecified atom stereocenters. The van der Waals surface area contributed by atoms with Gasteiger partial charge in [-0.2, -0.15) is 13.2 Å². The van der Waals surface area contributed by atoms with Gasteiger partial charge in [-0.15, -0.1) is 0 Å². The summed E-state index contributed by atoms with van der Waals surface area (Å²) in [7, 11) is 0. The fourth-order valence-corrected chi connectivity index (χ4v) is 3.01. The smallest absolute Gasteiger partial charge is 0.338 e. The highest BCUT2D eigenvalue weighted by atomic mass is 35.5. The summed E-state index contributed by atoms with van der Waals surface area (Å²) in [5.41, 5.74) is 0.0362. The van der Waals surface area contributed by atoms with Crippen LogP contribution in [0, 0.1) is 0 Å². The van der Waals surface area contributed by atoms with Crippen LogP contribution in [-0.4, -0.2) is 28.1 Å². The molecule has 134 valence electrons. The molecule has 0 spiro atoms. The van der Waals surface area contributed by atoms with Crippen LogP contribution < -0.4 is 0 Å². The van der Waals surface area contributed by atoms with Crippen LogP contribution in [0.5, 0.6) is 0 Å². The maximum atomic E-state index is 12.5. The summed E-state index contributed by atoms with van der Waals surface area (Å²) in [6.45, 7) is 2.75. The van der Waals surface area contributed by atoms with Gasteiger partial charge in [-0.05, 0) is 30.7 Å². The number of nitrogens with zero attached hydrogens (tertiary/aromatic N) is 2. The Bertz CT molecular complexity index is 723. The van der Waals surface area contributed by atoms with Crippen LogP contribution in [0.15, 0.2) is 47.6 Å². The zero-order valence-corrected chi connectivity index (χ0v) is 15.0. The molecule has 0 aliphatic heterocycles. The zero-order valence-electron chi connectivity index (χ0n) is 13.4. The van der Waals surface area contributed by atoms with Crippen LogP contribution in [0.4, 0.5) is 13.2 Å². The maximum absolute atomic E-state index is 12.5. The van der Waals surface area contributed by atoms with Gasteiger partial charge in [0.2, 0.25) is 5.91 Å². The van der Waals surface area contributed by atoms with Crippen LogP contribution in [0.3, 0.4) is 0 Å². The molecular formula is C17H16ClF3N2OS. The first-order valence-corrected chi connectivity index (χ1v) is 8.85. The van der Waals surface area contributed by atoms with E-state index >= 15 is 0 Å². The Kier molecular flexibility index (Phi) is 6.72. The number of alkyl halides is 3. The molecule has 0 bridgehead atoms. The van der Waals surface area contributed by atoms with Crippen molar-refractivity contribution in [2.45, 2.75) is 24.7 Å². The third-order valence-corrected chi connectivity index (χ3v) is 4.76. The van der Waals surface area contributed by atoms with Gasteiger partial charge in [0, 0.05) is 24.3 Å². The predicted octanol–water partition coefficient (Wildman–Crippen LogP) is 4.89. The van der Waals surface area contributed by atoms with Gasteiger partial charge in [-0.3, -0.25) is 4.79 Å². The summed E-state index contributed by atoms with van der Waals surface area (Å²) in [6.07, 6.45) is -3.64. The lowest BCUT2D eigenvalue weighted by Crippen LogP contribution is -2.31. The van der Waals surface area contributed by atoms with Crippen LogP contribution in [-0.2, 0) is 17.5 Å². The topological polar surface area (TPSA) is 33.2 Å². The second kappa shape index (κ2) is 8.58. The van der Waals surface area contributed by atoms with Crippen molar-refractivity contribution in [2.75, 3.05) is 12.3 Å². The van der Waals surface area contributed by atoms with Crippen LogP contribution in [0.25, 0.3) is 0 Å². The molecule has 1 aromatic heterocycles. The molecule has 2 rings (SSSR count). The van der Waals surface area contributed by atoms with Crippen molar-refractivity contribution < 1.29 is 18.0 Å². The SMILES string of the molecule is CCN(Cc1ccccc1Cl)C(=O)CSc1ccc(C(F)(F)F)cn1. The van der Waals surface area contributed by atoms with E-state index < -0.39 is 11.7 Å². The van der Waals surface area contributed by atoms with Gasteiger partial charge in [0.05, 0.1) is 16.3 Å². The number of aromatic nitrogens is 1. The van der Waals surface area contributed by atoms with Crippen molar-refractivity contribution in [3.05, 3.63) is 58.7 Å². The number of carbonyl (C=O) groups excluding carboxylic acids is 1. The Balaban J connectivity index is 1.95. The number of pyridine rings is 1. The lowest BCUT2D eigenvalue weighted by molar-refractivity contribution is -0.138. The van der Waals surface area contributed by atoms with E-state index in [9.17, 15) is 18.0 Å². The number of thioether (sulfide) groups is 1. The zero-order chi connectivity index (χ0) is 18.4. The predicted molar refractivity (Wildman–Crippen MR) is 92.5 cm³/mol. The second-order valence-electron chi connectivity index (χ2n) is 5.17. The number of benzene rings is 1. The molecule has 0 aliphatic rings.